The average molecular weight is 824 g/mol. The minimum Gasteiger partial charge on any atom is -0.443 e. The predicted octanol–water partition coefficient (Wildman–Crippen LogP) is 8.82. The molecule has 0 spiro atoms. The number of piperidine rings is 1. The SMILES string of the molecule is CCCCCCC[C@@H](C(=O)N1[C@H](C(=O)NC2CC(C)(C)NC(C)(C)C2)CCCN1C(=O)OCc1ccccc1)C(CCCc1ccccc1)C(=O)NOCc1ccccc1. The molecule has 2 aliphatic rings. The highest BCUT2D eigenvalue weighted by atomic mass is 16.6. The van der Waals surface area contributed by atoms with Gasteiger partial charge in [0.05, 0.1) is 18.4 Å². The van der Waals surface area contributed by atoms with Crippen molar-refractivity contribution >= 4 is 23.8 Å². The van der Waals surface area contributed by atoms with Crippen molar-refractivity contribution in [3.8, 4) is 0 Å². The molecule has 11 heteroatoms. The lowest BCUT2D eigenvalue weighted by molar-refractivity contribution is -0.171. The number of amides is 4. The molecule has 2 heterocycles. The van der Waals surface area contributed by atoms with Gasteiger partial charge in [0.15, 0.2) is 0 Å². The molecule has 0 radical (unpaired) electrons. The third kappa shape index (κ3) is 14.2. The number of hydrazine groups is 1. The van der Waals surface area contributed by atoms with Crippen LogP contribution in [0.1, 0.15) is 128 Å². The highest BCUT2D eigenvalue weighted by Crippen LogP contribution is 2.33. The number of hydrogen-bond acceptors (Lipinski definition) is 7. The van der Waals surface area contributed by atoms with Crippen LogP contribution in [0.15, 0.2) is 91.0 Å². The second-order valence-electron chi connectivity index (χ2n) is 18.0. The first-order valence-electron chi connectivity index (χ1n) is 22.3. The molecule has 0 saturated carbocycles. The van der Waals surface area contributed by atoms with Gasteiger partial charge in [-0.3, -0.25) is 19.2 Å². The van der Waals surface area contributed by atoms with Crippen LogP contribution < -0.4 is 16.1 Å². The van der Waals surface area contributed by atoms with Crippen molar-refractivity contribution < 1.29 is 28.8 Å². The van der Waals surface area contributed by atoms with E-state index in [1.165, 1.54) is 10.0 Å². The lowest BCUT2D eigenvalue weighted by atomic mass is 9.79. The zero-order valence-electron chi connectivity index (χ0n) is 36.6. The number of aryl methyl sites for hydroxylation is 1. The van der Waals surface area contributed by atoms with E-state index in [9.17, 15) is 14.4 Å². The van der Waals surface area contributed by atoms with Gasteiger partial charge in [0.25, 0.3) is 0 Å². The molecule has 3 aromatic rings. The molecule has 326 valence electrons. The van der Waals surface area contributed by atoms with E-state index in [0.29, 0.717) is 51.4 Å². The first-order chi connectivity index (χ1) is 28.9. The van der Waals surface area contributed by atoms with Crippen molar-refractivity contribution in [1.82, 2.24) is 26.1 Å². The van der Waals surface area contributed by atoms with E-state index in [-0.39, 0.29) is 48.7 Å². The number of unbranched alkanes of at least 4 members (excludes halogenated alkanes) is 4. The van der Waals surface area contributed by atoms with E-state index in [4.69, 9.17) is 9.57 Å². The Bertz CT molecular complexity index is 1770. The Morgan fingerprint density at radius 1 is 0.733 bits per heavy atom. The Labute approximate surface area is 358 Å². The maximum absolute atomic E-state index is 15.6. The van der Waals surface area contributed by atoms with Crippen LogP contribution in [0, 0.1) is 11.8 Å². The van der Waals surface area contributed by atoms with Gasteiger partial charge >= 0.3 is 6.09 Å². The summed E-state index contributed by atoms with van der Waals surface area (Å²) >= 11 is 0. The Morgan fingerprint density at radius 2 is 1.30 bits per heavy atom. The summed E-state index contributed by atoms with van der Waals surface area (Å²) in [5.74, 6) is -2.74. The first kappa shape index (κ1) is 46.3. The van der Waals surface area contributed by atoms with Gasteiger partial charge < -0.3 is 15.4 Å². The molecule has 5 rings (SSSR count). The number of hydroxylamine groups is 1. The number of carbonyl (C=O) groups excluding carboxylic acids is 4. The summed E-state index contributed by atoms with van der Waals surface area (Å²) in [6.45, 7) is 11.1. The first-order valence-corrected chi connectivity index (χ1v) is 22.3. The van der Waals surface area contributed by atoms with E-state index in [0.717, 1.165) is 48.8 Å². The highest BCUT2D eigenvalue weighted by Gasteiger charge is 2.47. The number of rotatable bonds is 20. The zero-order chi connectivity index (χ0) is 43.0. The Hall–Kier alpha value is -4.74. The molecule has 11 nitrogen and oxygen atoms in total. The normalized spacial score (nSPS) is 18.6. The van der Waals surface area contributed by atoms with E-state index in [2.05, 4.69) is 62.9 Å². The molecule has 4 amide bonds. The Morgan fingerprint density at radius 3 is 1.92 bits per heavy atom. The molecule has 2 saturated heterocycles. The van der Waals surface area contributed by atoms with E-state index in [1.807, 2.05) is 78.9 Å². The molecule has 0 aromatic heterocycles. The summed E-state index contributed by atoms with van der Waals surface area (Å²) in [5, 5.41) is 9.67. The fourth-order valence-electron chi connectivity index (χ4n) is 9.20. The van der Waals surface area contributed by atoms with Crippen LogP contribution >= 0.6 is 0 Å². The minimum absolute atomic E-state index is 0.0123. The van der Waals surface area contributed by atoms with Crippen LogP contribution in [-0.2, 0) is 43.6 Å². The summed E-state index contributed by atoms with van der Waals surface area (Å²) in [6, 6.07) is 28.0. The molecule has 2 fully saturated rings. The lowest BCUT2D eigenvalue weighted by Crippen LogP contribution is -2.66. The van der Waals surface area contributed by atoms with Crippen LogP contribution in [0.3, 0.4) is 0 Å². The molecule has 3 aromatic carbocycles. The minimum atomic E-state index is -0.971. The zero-order valence-corrected chi connectivity index (χ0v) is 36.6. The van der Waals surface area contributed by atoms with E-state index in [1.54, 1.807) is 0 Å². The smallest absolute Gasteiger partial charge is 0.429 e. The van der Waals surface area contributed by atoms with Crippen molar-refractivity contribution in [2.24, 2.45) is 11.8 Å². The number of carbonyl (C=O) groups is 4. The molecule has 0 aliphatic carbocycles. The van der Waals surface area contributed by atoms with Gasteiger partial charge in [-0.05, 0) is 95.8 Å². The molecule has 1 unspecified atom stereocenters. The number of benzene rings is 3. The average Bonchev–Trinajstić information content (AvgIpc) is 3.22. The summed E-state index contributed by atoms with van der Waals surface area (Å²) in [4.78, 5) is 64.5. The van der Waals surface area contributed by atoms with Gasteiger partial charge in [-0.2, -0.15) is 0 Å². The van der Waals surface area contributed by atoms with Crippen LogP contribution in [0.2, 0.25) is 0 Å². The molecule has 0 bridgehead atoms. The van der Waals surface area contributed by atoms with Crippen molar-refractivity contribution in [3.63, 3.8) is 0 Å². The molecule has 2 aliphatic heterocycles. The van der Waals surface area contributed by atoms with E-state index >= 15 is 4.79 Å². The third-order valence-electron chi connectivity index (χ3n) is 11.7. The number of nitrogens with one attached hydrogen (secondary N) is 3. The topological polar surface area (TPSA) is 129 Å². The number of hydrogen-bond donors (Lipinski definition) is 3. The maximum Gasteiger partial charge on any atom is 0.429 e. The molecular weight excluding hydrogens is 755 g/mol. The fraction of sp³-hybridized carbons (Fsp3) is 0.551. The van der Waals surface area contributed by atoms with Crippen LogP contribution in [0.4, 0.5) is 4.79 Å². The number of nitrogens with zero attached hydrogens (tertiary/aromatic N) is 2. The third-order valence-corrected chi connectivity index (χ3v) is 11.7. The highest BCUT2D eigenvalue weighted by molar-refractivity contribution is 5.92. The fourth-order valence-corrected chi connectivity index (χ4v) is 9.20. The van der Waals surface area contributed by atoms with Crippen LogP contribution in [0.25, 0.3) is 0 Å². The molecule has 60 heavy (non-hydrogen) atoms. The van der Waals surface area contributed by atoms with Crippen LogP contribution in [0.5, 0.6) is 0 Å². The molecule has 3 N–H and O–H groups in total. The van der Waals surface area contributed by atoms with Gasteiger partial charge in [0, 0.05) is 23.7 Å². The molecular formula is C49H69N5O6. The summed E-state index contributed by atoms with van der Waals surface area (Å²) in [6.07, 6.45) is 8.55. The van der Waals surface area contributed by atoms with Crippen LogP contribution in [-0.4, -0.2) is 63.5 Å². The summed E-state index contributed by atoms with van der Waals surface area (Å²) in [5.41, 5.74) is 5.11. The lowest BCUT2D eigenvalue weighted by Gasteiger charge is -2.48. The monoisotopic (exact) mass is 824 g/mol. The van der Waals surface area contributed by atoms with Crippen molar-refractivity contribution in [3.05, 3.63) is 108 Å². The van der Waals surface area contributed by atoms with Gasteiger partial charge in [-0.15, -0.1) is 0 Å². The summed E-state index contributed by atoms with van der Waals surface area (Å²) < 4.78 is 5.86. The quantitative estimate of drug-likeness (QED) is 0.0768. The maximum atomic E-state index is 15.6. The summed E-state index contributed by atoms with van der Waals surface area (Å²) in [7, 11) is 0. The van der Waals surface area contributed by atoms with E-state index < -0.39 is 29.9 Å². The standard InChI is InChI=1S/C49H69N5O6/c1-6-7-8-9-19-29-42(41(30-20-28-37-22-13-10-14-23-37)44(55)51-60-36-39-26-17-12-18-27-39)46(57)54-43(45(56)50-40-33-48(2,3)52-49(4,5)34-40)31-21-32-53(54)47(58)59-35-38-24-15-11-16-25-38/h10-18,22-27,40-43,52H,6-9,19-21,28-36H2,1-5H3,(H,50,56)(H,51,55)/t41?,42-,43+/m1/s1. The Kier molecular flexibility index (Phi) is 17.6. The van der Waals surface area contributed by atoms with Gasteiger partial charge in [-0.1, -0.05) is 130 Å². The molecule has 3 atom stereocenters. The van der Waals surface area contributed by atoms with Crippen molar-refractivity contribution in [2.45, 2.75) is 154 Å². The van der Waals surface area contributed by atoms with Crippen molar-refractivity contribution in [2.75, 3.05) is 6.54 Å². The van der Waals surface area contributed by atoms with Gasteiger partial charge in [0.1, 0.15) is 12.6 Å². The predicted molar refractivity (Wildman–Crippen MR) is 235 cm³/mol. The van der Waals surface area contributed by atoms with Gasteiger partial charge in [0.2, 0.25) is 17.7 Å². The van der Waals surface area contributed by atoms with Crippen molar-refractivity contribution in [1.29, 1.82) is 0 Å². The second-order valence-corrected chi connectivity index (χ2v) is 18.0. The number of ether oxygens (including phenoxy) is 1. The Balaban J connectivity index is 1.47. The van der Waals surface area contributed by atoms with Gasteiger partial charge in [-0.25, -0.2) is 20.3 Å². The second kappa shape index (κ2) is 22.7. The largest absolute Gasteiger partial charge is 0.443 e.